The lowest BCUT2D eigenvalue weighted by atomic mass is 10.2. The normalized spacial score (nSPS) is 10.3. The highest BCUT2D eigenvalue weighted by molar-refractivity contribution is 5.82. The second kappa shape index (κ2) is 2.91. The zero-order valence-electron chi connectivity index (χ0n) is 6.95. The van der Waals surface area contributed by atoms with E-state index >= 15 is 0 Å². The minimum atomic E-state index is -0.501. The Labute approximate surface area is 77.9 Å². The predicted octanol–water partition coefficient (Wildman–Crippen LogP) is 0.983. The molecule has 0 fully saturated rings. The van der Waals surface area contributed by atoms with E-state index in [1.165, 1.54) is 18.3 Å². The van der Waals surface area contributed by atoms with E-state index in [1.807, 2.05) is 0 Å². The molecule has 0 saturated carbocycles. The van der Waals surface area contributed by atoms with Gasteiger partial charge in [-0.25, -0.2) is 4.68 Å². The average Bonchev–Trinajstić information content (AvgIpc) is 2.58. The summed E-state index contributed by atoms with van der Waals surface area (Å²) in [5.41, 5.74) is 0.403. The molecular weight excluding hydrogens is 186 g/mol. The molecule has 1 aromatic carbocycles. The van der Waals surface area contributed by atoms with Crippen LogP contribution in [0.5, 0.6) is 0 Å². The fourth-order valence-corrected chi connectivity index (χ4v) is 1.19. The van der Waals surface area contributed by atoms with Gasteiger partial charge in [0.2, 0.25) is 6.41 Å². The first-order valence-electron chi connectivity index (χ1n) is 3.79. The molecule has 0 N–H and O–H groups in total. The van der Waals surface area contributed by atoms with Crippen molar-refractivity contribution in [3.63, 3.8) is 0 Å². The minimum Gasteiger partial charge on any atom is -0.276 e. The summed E-state index contributed by atoms with van der Waals surface area (Å²) in [6, 6.07) is 4.26. The molecule has 0 saturated heterocycles. The molecular formula is C8H5N3O3. The number of fused-ring (bicyclic) bond motifs is 1. The van der Waals surface area contributed by atoms with E-state index in [9.17, 15) is 14.9 Å². The van der Waals surface area contributed by atoms with Crippen LogP contribution in [0.1, 0.15) is 0 Å². The van der Waals surface area contributed by atoms with Gasteiger partial charge in [-0.05, 0) is 6.07 Å². The summed E-state index contributed by atoms with van der Waals surface area (Å²) in [6.07, 6.45) is 2.04. The third kappa shape index (κ3) is 1.22. The van der Waals surface area contributed by atoms with Gasteiger partial charge in [-0.3, -0.25) is 14.9 Å². The highest BCUT2D eigenvalue weighted by Crippen LogP contribution is 2.18. The van der Waals surface area contributed by atoms with Crippen molar-refractivity contribution < 1.29 is 9.72 Å². The number of nitrogens with zero attached hydrogens (tertiary/aromatic N) is 3. The number of carbonyl (C=O) groups is 1. The summed E-state index contributed by atoms with van der Waals surface area (Å²) in [6.45, 7) is 0. The molecule has 0 unspecified atom stereocenters. The third-order valence-electron chi connectivity index (χ3n) is 1.83. The topological polar surface area (TPSA) is 78.0 Å². The molecule has 1 heterocycles. The summed E-state index contributed by atoms with van der Waals surface area (Å²) < 4.78 is 1.08. The van der Waals surface area contributed by atoms with Crippen molar-refractivity contribution in [2.45, 2.75) is 0 Å². The van der Waals surface area contributed by atoms with Crippen LogP contribution in [-0.4, -0.2) is 21.1 Å². The van der Waals surface area contributed by atoms with Gasteiger partial charge in [0.1, 0.15) is 0 Å². The number of benzene rings is 1. The Kier molecular flexibility index (Phi) is 1.74. The number of aromatic nitrogens is 2. The molecule has 2 rings (SSSR count). The van der Waals surface area contributed by atoms with E-state index in [-0.39, 0.29) is 5.69 Å². The lowest BCUT2D eigenvalue weighted by molar-refractivity contribution is -0.384. The van der Waals surface area contributed by atoms with Gasteiger partial charge in [0.05, 0.1) is 10.4 Å². The van der Waals surface area contributed by atoms with Gasteiger partial charge in [-0.2, -0.15) is 5.10 Å². The number of rotatable bonds is 2. The highest BCUT2D eigenvalue weighted by Gasteiger charge is 2.08. The van der Waals surface area contributed by atoms with E-state index in [2.05, 4.69) is 5.10 Å². The maximum absolute atomic E-state index is 10.4. The number of non-ortho nitro benzene ring substituents is 1. The van der Waals surface area contributed by atoms with Crippen LogP contribution in [0, 0.1) is 10.1 Å². The van der Waals surface area contributed by atoms with Gasteiger partial charge < -0.3 is 0 Å². The standard InChI is InChI=1S/C8H5N3O3/c12-5-10-4-6-1-2-7(11(13)14)3-8(6)9-10/h1-5H. The lowest BCUT2D eigenvalue weighted by Gasteiger charge is -1.88. The molecule has 70 valence electrons. The largest absolute Gasteiger partial charge is 0.276 e. The van der Waals surface area contributed by atoms with Gasteiger partial charge in [-0.1, -0.05) is 0 Å². The Morgan fingerprint density at radius 1 is 1.50 bits per heavy atom. The summed E-state index contributed by atoms with van der Waals surface area (Å²) in [4.78, 5) is 20.3. The van der Waals surface area contributed by atoms with Crippen LogP contribution in [-0.2, 0) is 4.79 Å². The lowest BCUT2D eigenvalue weighted by Crippen LogP contribution is -1.93. The van der Waals surface area contributed by atoms with Crippen LogP contribution in [0.3, 0.4) is 0 Å². The first-order valence-corrected chi connectivity index (χ1v) is 3.79. The van der Waals surface area contributed by atoms with E-state index in [1.54, 1.807) is 6.07 Å². The number of hydrogen-bond acceptors (Lipinski definition) is 4. The Morgan fingerprint density at radius 2 is 2.29 bits per heavy atom. The van der Waals surface area contributed by atoms with Crippen molar-refractivity contribution >= 4 is 23.0 Å². The van der Waals surface area contributed by atoms with Crippen LogP contribution in [0.25, 0.3) is 10.9 Å². The fraction of sp³-hybridized carbons (Fsp3) is 0. The summed E-state index contributed by atoms with van der Waals surface area (Å²) in [5, 5.41) is 14.9. The summed E-state index contributed by atoms with van der Waals surface area (Å²) in [5.74, 6) is 0. The molecule has 0 bridgehead atoms. The van der Waals surface area contributed by atoms with Crippen molar-refractivity contribution in [3.05, 3.63) is 34.5 Å². The SMILES string of the molecule is O=Cn1cc2ccc([N+](=O)[O-])cc2n1. The second-order valence-corrected chi connectivity index (χ2v) is 2.71. The zero-order valence-corrected chi connectivity index (χ0v) is 6.95. The molecule has 1 aromatic heterocycles. The van der Waals surface area contributed by atoms with Gasteiger partial charge in [0, 0.05) is 23.7 Å². The van der Waals surface area contributed by atoms with Crippen LogP contribution in [0.2, 0.25) is 0 Å². The van der Waals surface area contributed by atoms with E-state index in [0.717, 1.165) is 4.68 Å². The highest BCUT2D eigenvalue weighted by atomic mass is 16.6. The van der Waals surface area contributed by atoms with Crippen LogP contribution < -0.4 is 0 Å². The minimum absolute atomic E-state index is 0.0337. The van der Waals surface area contributed by atoms with Gasteiger partial charge >= 0.3 is 0 Å². The van der Waals surface area contributed by atoms with Crippen LogP contribution >= 0.6 is 0 Å². The number of carbonyl (C=O) groups excluding carboxylic acids is 1. The quantitative estimate of drug-likeness (QED) is 0.402. The zero-order chi connectivity index (χ0) is 10.1. The molecule has 0 radical (unpaired) electrons. The van der Waals surface area contributed by atoms with Crippen molar-refractivity contribution in [1.82, 2.24) is 9.78 Å². The number of nitro groups is 1. The number of nitro benzene ring substituents is 1. The molecule has 0 amide bonds. The van der Waals surface area contributed by atoms with E-state index < -0.39 is 4.92 Å². The van der Waals surface area contributed by atoms with Crippen LogP contribution in [0.4, 0.5) is 5.69 Å². The Morgan fingerprint density at radius 3 is 2.93 bits per heavy atom. The summed E-state index contributed by atoms with van der Waals surface area (Å²) >= 11 is 0. The maximum atomic E-state index is 10.4. The summed E-state index contributed by atoms with van der Waals surface area (Å²) in [7, 11) is 0. The smallest absolute Gasteiger partial charge is 0.271 e. The van der Waals surface area contributed by atoms with Crippen molar-refractivity contribution in [2.24, 2.45) is 0 Å². The molecule has 0 atom stereocenters. The van der Waals surface area contributed by atoms with Gasteiger partial charge in [0.15, 0.2) is 0 Å². The monoisotopic (exact) mass is 191 g/mol. The predicted molar refractivity (Wildman–Crippen MR) is 48.5 cm³/mol. The molecule has 6 heteroatoms. The first-order chi connectivity index (χ1) is 6.70. The van der Waals surface area contributed by atoms with Gasteiger partial charge in [0.25, 0.3) is 5.69 Å². The molecule has 0 aliphatic heterocycles. The Bertz CT molecular complexity index is 518. The molecule has 0 aliphatic carbocycles. The van der Waals surface area contributed by atoms with E-state index in [0.29, 0.717) is 17.3 Å². The fourth-order valence-electron chi connectivity index (χ4n) is 1.19. The van der Waals surface area contributed by atoms with Crippen molar-refractivity contribution in [1.29, 1.82) is 0 Å². The van der Waals surface area contributed by atoms with Crippen molar-refractivity contribution in [3.8, 4) is 0 Å². The molecule has 14 heavy (non-hydrogen) atoms. The van der Waals surface area contributed by atoms with Gasteiger partial charge in [-0.15, -0.1) is 0 Å². The van der Waals surface area contributed by atoms with Crippen molar-refractivity contribution in [2.75, 3.05) is 0 Å². The van der Waals surface area contributed by atoms with E-state index in [4.69, 9.17) is 0 Å². The Balaban J connectivity index is 2.65. The Hall–Kier alpha value is -2.24. The molecule has 6 nitrogen and oxygen atoms in total. The molecule has 0 aliphatic rings. The molecule has 2 aromatic rings. The molecule has 0 spiro atoms. The third-order valence-corrected chi connectivity index (χ3v) is 1.83. The second-order valence-electron chi connectivity index (χ2n) is 2.71. The van der Waals surface area contributed by atoms with Crippen LogP contribution in [0.15, 0.2) is 24.4 Å². The maximum Gasteiger partial charge on any atom is 0.271 e. The first kappa shape index (κ1) is 8.36. The number of hydrogen-bond donors (Lipinski definition) is 0. The average molecular weight is 191 g/mol.